The monoisotopic (exact) mass is 199 g/mol. The van der Waals surface area contributed by atoms with E-state index >= 15 is 0 Å². The lowest BCUT2D eigenvalue weighted by Crippen LogP contribution is -2.39. The first-order chi connectivity index (χ1) is 6.63. The zero-order chi connectivity index (χ0) is 11.0. The molecule has 0 heterocycles. The number of aliphatic hydroxyl groups excluding tert-OH is 1. The van der Waals surface area contributed by atoms with Crippen molar-refractivity contribution in [2.75, 3.05) is 33.2 Å². The number of likely N-dealkylation sites (N-methyl/N-ethyl adjacent to an activating group) is 2. The van der Waals surface area contributed by atoms with E-state index in [4.69, 9.17) is 5.26 Å². The largest absolute Gasteiger partial charge is 0.390 e. The van der Waals surface area contributed by atoms with Gasteiger partial charge in [0.05, 0.1) is 18.1 Å². The fourth-order valence-corrected chi connectivity index (χ4v) is 1.36. The Morgan fingerprint density at radius 1 is 1.50 bits per heavy atom. The van der Waals surface area contributed by atoms with E-state index in [1.54, 1.807) is 0 Å². The van der Waals surface area contributed by atoms with Crippen LogP contribution in [0, 0.1) is 17.2 Å². The van der Waals surface area contributed by atoms with E-state index in [-0.39, 0.29) is 12.0 Å². The maximum Gasteiger partial charge on any atom is 0.0791 e. The summed E-state index contributed by atoms with van der Waals surface area (Å²) in [7, 11) is 1.82. The van der Waals surface area contributed by atoms with Crippen molar-refractivity contribution in [1.29, 1.82) is 5.26 Å². The Hall–Kier alpha value is -0.630. The fourth-order valence-electron chi connectivity index (χ4n) is 1.36. The summed E-state index contributed by atoms with van der Waals surface area (Å²) in [5, 5.41) is 21.1. The topological polar surface area (TPSA) is 59.3 Å². The summed E-state index contributed by atoms with van der Waals surface area (Å²) in [6.07, 6.45) is -0.356. The summed E-state index contributed by atoms with van der Waals surface area (Å²) in [5.41, 5.74) is 0. The van der Waals surface area contributed by atoms with Gasteiger partial charge in [-0.05, 0) is 20.5 Å². The van der Waals surface area contributed by atoms with Crippen molar-refractivity contribution in [3.63, 3.8) is 0 Å². The molecule has 0 rings (SSSR count). The van der Waals surface area contributed by atoms with Crippen LogP contribution < -0.4 is 5.32 Å². The Kier molecular flexibility index (Phi) is 7.40. The van der Waals surface area contributed by atoms with E-state index in [0.29, 0.717) is 13.1 Å². The summed E-state index contributed by atoms with van der Waals surface area (Å²) >= 11 is 0. The summed E-state index contributed by atoms with van der Waals surface area (Å²) in [6, 6.07) is 2.20. The predicted molar refractivity (Wildman–Crippen MR) is 56.8 cm³/mol. The van der Waals surface area contributed by atoms with Gasteiger partial charge in [0.2, 0.25) is 0 Å². The molecule has 0 bridgehead atoms. The Labute approximate surface area is 86.5 Å². The average Bonchev–Trinajstić information content (AvgIpc) is 2.16. The van der Waals surface area contributed by atoms with Crippen LogP contribution in [-0.2, 0) is 0 Å². The zero-order valence-electron chi connectivity index (χ0n) is 9.32. The minimum absolute atomic E-state index is 0.0248. The van der Waals surface area contributed by atoms with Crippen molar-refractivity contribution in [3.8, 4) is 6.07 Å². The summed E-state index contributed by atoms with van der Waals surface area (Å²) in [5.74, 6) is 0.0248. The highest BCUT2D eigenvalue weighted by Gasteiger charge is 2.12. The van der Waals surface area contributed by atoms with Crippen molar-refractivity contribution >= 4 is 0 Å². The molecular weight excluding hydrogens is 178 g/mol. The standard InChI is InChI=1S/C10H21N3O/c1-4-13(7-9(2)5-11)8-10(14)6-12-3/h9-10,12,14H,4,6-8H2,1-3H3. The predicted octanol–water partition coefficient (Wildman–Crippen LogP) is 0.0483. The van der Waals surface area contributed by atoms with Gasteiger partial charge in [-0.15, -0.1) is 0 Å². The molecule has 0 aromatic rings. The molecule has 0 amide bonds. The Morgan fingerprint density at radius 2 is 2.14 bits per heavy atom. The summed E-state index contributed by atoms with van der Waals surface area (Å²) < 4.78 is 0. The molecule has 0 spiro atoms. The first-order valence-corrected chi connectivity index (χ1v) is 5.08. The zero-order valence-corrected chi connectivity index (χ0v) is 9.32. The molecule has 0 aliphatic heterocycles. The molecule has 0 fully saturated rings. The van der Waals surface area contributed by atoms with Crippen LogP contribution in [0.1, 0.15) is 13.8 Å². The number of hydrogen-bond donors (Lipinski definition) is 2. The molecule has 0 saturated heterocycles. The molecular formula is C10H21N3O. The molecule has 0 aromatic heterocycles. The number of nitrogens with zero attached hydrogens (tertiary/aromatic N) is 2. The average molecular weight is 199 g/mol. The molecule has 2 unspecified atom stereocenters. The number of hydrogen-bond acceptors (Lipinski definition) is 4. The van der Waals surface area contributed by atoms with Gasteiger partial charge >= 0.3 is 0 Å². The first-order valence-electron chi connectivity index (χ1n) is 5.08. The van der Waals surface area contributed by atoms with Crippen LogP contribution in [0.3, 0.4) is 0 Å². The molecule has 0 aromatic carbocycles. The molecule has 14 heavy (non-hydrogen) atoms. The lowest BCUT2D eigenvalue weighted by molar-refractivity contribution is 0.112. The first kappa shape index (κ1) is 13.4. The third kappa shape index (κ3) is 5.92. The van der Waals surface area contributed by atoms with Crippen LogP contribution >= 0.6 is 0 Å². The van der Waals surface area contributed by atoms with E-state index in [1.807, 2.05) is 20.9 Å². The second kappa shape index (κ2) is 7.74. The van der Waals surface area contributed by atoms with Crippen LogP contribution in [0.4, 0.5) is 0 Å². The molecule has 4 heteroatoms. The van der Waals surface area contributed by atoms with Crippen molar-refractivity contribution in [2.45, 2.75) is 20.0 Å². The Morgan fingerprint density at radius 3 is 2.57 bits per heavy atom. The van der Waals surface area contributed by atoms with Gasteiger partial charge < -0.3 is 10.4 Å². The molecule has 82 valence electrons. The quantitative estimate of drug-likeness (QED) is 0.608. The second-order valence-electron chi connectivity index (χ2n) is 3.59. The fraction of sp³-hybridized carbons (Fsp3) is 0.900. The number of aliphatic hydroxyl groups is 1. The molecule has 0 saturated carbocycles. The van der Waals surface area contributed by atoms with Crippen molar-refractivity contribution in [2.24, 2.45) is 5.92 Å². The van der Waals surface area contributed by atoms with Gasteiger partial charge in [-0.2, -0.15) is 5.26 Å². The molecule has 2 atom stereocenters. The lowest BCUT2D eigenvalue weighted by atomic mass is 10.2. The van der Waals surface area contributed by atoms with Crippen LogP contribution in [-0.4, -0.2) is 49.3 Å². The van der Waals surface area contributed by atoms with Crippen molar-refractivity contribution in [1.82, 2.24) is 10.2 Å². The van der Waals surface area contributed by atoms with Gasteiger partial charge in [0, 0.05) is 19.6 Å². The Balaban J connectivity index is 3.84. The van der Waals surface area contributed by atoms with Crippen LogP contribution in [0.5, 0.6) is 0 Å². The van der Waals surface area contributed by atoms with Gasteiger partial charge in [-0.25, -0.2) is 0 Å². The third-order valence-electron chi connectivity index (χ3n) is 2.11. The minimum Gasteiger partial charge on any atom is -0.390 e. The van der Waals surface area contributed by atoms with Gasteiger partial charge in [0.15, 0.2) is 0 Å². The maximum absolute atomic E-state index is 9.55. The highest BCUT2D eigenvalue weighted by Crippen LogP contribution is 1.99. The van der Waals surface area contributed by atoms with Crippen molar-refractivity contribution in [3.05, 3.63) is 0 Å². The maximum atomic E-state index is 9.55. The Bertz CT molecular complexity index is 179. The lowest BCUT2D eigenvalue weighted by Gasteiger charge is -2.24. The molecule has 0 aliphatic carbocycles. The summed E-state index contributed by atoms with van der Waals surface area (Å²) in [6.45, 7) is 6.75. The van der Waals surface area contributed by atoms with E-state index in [2.05, 4.69) is 16.3 Å². The normalized spacial score (nSPS) is 15.1. The molecule has 0 aliphatic rings. The number of rotatable bonds is 7. The highest BCUT2D eigenvalue weighted by molar-refractivity contribution is 4.81. The van der Waals surface area contributed by atoms with Gasteiger partial charge in [0.1, 0.15) is 0 Å². The van der Waals surface area contributed by atoms with E-state index in [0.717, 1.165) is 13.1 Å². The van der Waals surface area contributed by atoms with Crippen LogP contribution in [0.2, 0.25) is 0 Å². The minimum atomic E-state index is -0.356. The van der Waals surface area contributed by atoms with Gasteiger partial charge in [0.25, 0.3) is 0 Å². The van der Waals surface area contributed by atoms with Crippen LogP contribution in [0.25, 0.3) is 0 Å². The highest BCUT2D eigenvalue weighted by atomic mass is 16.3. The summed E-state index contributed by atoms with van der Waals surface area (Å²) in [4.78, 5) is 2.09. The SMILES string of the molecule is CCN(CC(C)C#N)CC(O)CNC. The molecule has 2 N–H and O–H groups in total. The smallest absolute Gasteiger partial charge is 0.0791 e. The third-order valence-corrected chi connectivity index (χ3v) is 2.11. The van der Waals surface area contributed by atoms with Crippen LogP contribution in [0.15, 0.2) is 0 Å². The van der Waals surface area contributed by atoms with E-state index in [9.17, 15) is 5.11 Å². The molecule has 4 nitrogen and oxygen atoms in total. The number of nitriles is 1. The molecule has 0 radical (unpaired) electrons. The van der Waals surface area contributed by atoms with E-state index in [1.165, 1.54) is 0 Å². The van der Waals surface area contributed by atoms with Gasteiger partial charge in [-0.1, -0.05) is 6.92 Å². The second-order valence-corrected chi connectivity index (χ2v) is 3.59. The number of nitrogens with one attached hydrogen (secondary N) is 1. The van der Waals surface area contributed by atoms with Crippen molar-refractivity contribution < 1.29 is 5.11 Å². The van der Waals surface area contributed by atoms with Gasteiger partial charge in [-0.3, -0.25) is 4.90 Å². The van der Waals surface area contributed by atoms with E-state index < -0.39 is 0 Å².